The van der Waals surface area contributed by atoms with Crippen molar-refractivity contribution in [2.75, 3.05) is 20.3 Å². The van der Waals surface area contributed by atoms with E-state index in [1.807, 2.05) is 12.1 Å². The summed E-state index contributed by atoms with van der Waals surface area (Å²) in [4.78, 5) is 39.0. The molecule has 0 atom stereocenters. The standard InChI is InChI=1S/C26H20ClNO6S/c1-32-21-7-2-3-8-22(21)33-14-13-28-24(29)23(35-26(28)31)16-17-5-4-6-20(15-17)34-25(30)18-9-11-19(27)12-10-18/h2-12,15-16H,13-14H2,1H3/b23-16-. The van der Waals surface area contributed by atoms with Crippen LogP contribution in [0.3, 0.4) is 0 Å². The minimum Gasteiger partial charge on any atom is -0.493 e. The lowest BCUT2D eigenvalue weighted by molar-refractivity contribution is -0.123. The van der Waals surface area contributed by atoms with Gasteiger partial charge in [-0.3, -0.25) is 14.5 Å². The van der Waals surface area contributed by atoms with E-state index < -0.39 is 11.9 Å². The number of methoxy groups -OCH3 is 1. The average molecular weight is 510 g/mol. The van der Waals surface area contributed by atoms with E-state index in [0.29, 0.717) is 33.4 Å². The molecule has 7 nitrogen and oxygen atoms in total. The van der Waals surface area contributed by atoms with Gasteiger partial charge in [0.2, 0.25) is 0 Å². The summed E-state index contributed by atoms with van der Waals surface area (Å²) < 4.78 is 16.3. The molecule has 4 rings (SSSR count). The number of esters is 1. The van der Waals surface area contributed by atoms with E-state index in [4.69, 9.17) is 25.8 Å². The first-order valence-corrected chi connectivity index (χ1v) is 11.7. The number of amides is 2. The first-order valence-electron chi connectivity index (χ1n) is 10.5. The first-order chi connectivity index (χ1) is 16.9. The Morgan fingerprint density at radius 3 is 2.49 bits per heavy atom. The van der Waals surface area contributed by atoms with Gasteiger partial charge < -0.3 is 14.2 Å². The number of nitrogens with zero attached hydrogens (tertiary/aromatic N) is 1. The summed E-state index contributed by atoms with van der Waals surface area (Å²) in [6, 6.07) is 20.2. The maximum atomic E-state index is 12.8. The number of thioether (sulfide) groups is 1. The zero-order valence-corrected chi connectivity index (χ0v) is 20.2. The number of hydrogen-bond donors (Lipinski definition) is 0. The second kappa shape index (κ2) is 11.1. The Labute approximate surface area is 211 Å². The number of ether oxygens (including phenoxy) is 3. The van der Waals surface area contributed by atoms with Crippen molar-refractivity contribution in [2.24, 2.45) is 0 Å². The van der Waals surface area contributed by atoms with E-state index in [0.717, 1.165) is 16.7 Å². The lowest BCUT2D eigenvalue weighted by Gasteiger charge is -2.14. The third-order valence-electron chi connectivity index (χ3n) is 4.96. The second-order valence-electron chi connectivity index (χ2n) is 7.30. The minimum absolute atomic E-state index is 0.0960. The second-order valence-corrected chi connectivity index (χ2v) is 8.73. The molecule has 1 aliphatic rings. The fraction of sp³-hybridized carbons (Fsp3) is 0.115. The van der Waals surface area contributed by atoms with E-state index >= 15 is 0 Å². The molecule has 0 aromatic heterocycles. The van der Waals surface area contributed by atoms with E-state index in [2.05, 4.69) is 0 Å². The van der Waals surface area contributed by atoms with Crippen molar-refractivity contribution in [1.29, 1.82) is 0 Å². The SMILES string of the molecule is COc1ccccc1OCCN1C(=O)S/C(=C\c2cccc(OC(=O)c3ccc(Cl)cc3)c2)C1=O. The van der Waals surface area contributed by atoms with Crippen LogP contribution < -0.4 is 14.2 Å². The Kier molecular flexibility index (Phi) is 7.74. The van der Waals surface area contributed by atoms with Crippen molar-refractivity contribution in [3.63, 3.8) is 0 Å². The van der Waals surface area contributed by atoms with E-state index in [9.17, 15) is 14.4 Å². The predicted molar refractivity (Wildman–Crippen MR) is 134 cm³/mol. The van der Waals surface area contributed by atoms with Crippen molar-refractivity contribution < 1.29 is 28.6 Å². The van der Waals surface area contributed by atoms with Crippen LogP contribution in [-0.4, -0.2) is 42.3 Å². The number of imide groups is 1. The van der Waals surface area contributed by atoms with Gasteiger partial charge in [0.25, 0.3) is 11.1 Å². The molecule has 178 valence electrons. The van der Waals surface area contributed by atoms with Gasteiger partial charge in [0.15, 0.2) is 11.5 Å². The molecule has 0 unspecified atom stereocenters. The zero-order valence-electron chi connectivity index (χ0n) is 18.6. The summed E-state index contributed by atoms with van der Waals surface area (Å²) in [7, 11) is 1.54. The minimum atomic E-state index is -0.533. The average Bonchev–Trinajstić information content (AvgIpc) is 3.12. The van der Waals surface area contributed by atoms with Crippen molar-refractivity contribution in [3.8, 4) is 17.2 Å². The normalized spacial score (nSPS) is 14.3. The largest absolute Gasteiger partial charge is 0.493 e. The Morgan fingerprint density at radius 2 is 1.74 bits per heavy atom. The van der Waals surface area contributed by atoms with Crippen LogP contribution in [0.4, 0.5) is 4.79 Å². The smallest absolute Gasteiger partial charge is 0.343 e. The zero-order chi connectivity index (χ0) is 24.8. The van der Waals surface area contributed by atoms with E-state index in [1.54, 1.807) is 66.7 Å². The fourth-order valence-electron chi connectivity index (χ4n) is 3.25. The van der Waals surface area contributed by atoms with Crippen LogP contribution in [0.5, 0.6) is 17.2 Å². The van der Waals surface area contributed by atoms with Crippen LogP contribution in [0.2, 0.25) is 5.02 Å². The van der Waals surface area contributed by atoms with E-state index in [-0.39, 0.29) is 23.3 Å². The maximum Gasteiger partial charge on any atom is 0.343 e. The summed E-state index contributed by atoms with van der Waals surface area (Å²) in [5.74, 6) is 0.463. The highest BCUT2D eigenvalue weighted by Gasteiger charge is 2.34. The quantitative estimate of drug-likeness (QED) is 0.219. The third kappa shape index (κ3) is 6.03. The van der Waals surface area contributed by atoms with Gasteiger partial charge in [-0.15, -0.1) is 0 Å². The van der Waals surface area contributed by atoms with Gasteiger partial charge in [0.1, 0.15) is 12.4 Å². The van der Waals surface area contributed by atoms with Gasteiger partial charge in [-0.2, -0.15) is 0 Å². The number of carbonyl (C=O) groups excluding carboxylic acids is 3. The van der Waals surface area contributed by atoms with Crippen LogP contribution in [0.15, 0.2) is 77.7 Å². The number of halogens is 1. The molecule has 35 heavy (non-hydrogen) atoms. The summed E-state index contributed by atoms with van der Waals surface area (Å²) in [5.41, 5.74) is 0.971. The van der Waals surface area contributed by atoms with Crippen LogP contribution in [0.1, 0.15) is 15.9 Å². The molecule has 3 aromatic carbocycles. The summed E-state index contributed by atoms with van der Waals surface area (Å²) in [6.45, 7) is 0.223. The summed E-state index contributed by atoms with van der Waals surface area (Å²) in [5, 5.41) is 0.138. The molecule has 0 N–H and O–H groups in total. The first kappa shape index (κ1) is 24.4. The van der Waals surface area contributed by atoms with Crippen molar-refractivity contribution >= 4 is 46.6 Å². The summed E-state index contributed by atoms with van der Waals surface area (Å²) in [6.07, 6.45) is 1.59. The summed E-state index contributed by atoms with van der Waals surface area (Å²) >= 11 is 6.70. The van der Waals surface area contributed by atoms with Crippen LogP contribution >= 0.6 is 23.4 Å². The van der Waals surface area contributed by atoms with Crippen LogP contribution in [0, 0.1) is 0 Å². The fourth-order valence-corrected chi connectivity index (χ4v) is 4.24. The van der Waals surface area contributed by atoms with Gasteiger partial charge >= 0.3 is 5.97 Å². The van der Waals surface area contributed by atoms with Crippen molar-refractivity contribution in [1.82, 2.24) is 4.90 Å². The Morgan fingerprint density at radius 1 is 1.00 bits per heavy atom. The Balaban J connectivity index is 1.39. The van der Waals surface area contributed by atoms with Gasteiger partial charge in [0, 0.05) is 5.02 Å². The molecule has 1 fully saturated rings. The van der Waals surface area contributed by atoms with Gasteiger partial charge in [-0.1, -0.05) is 35.9 Å². The molecule has 0 bridgehead atoms. The molecule has 0 saturated carbocycles. The maximum absolute atomic E-state index is 12.8. The molecule has 1 saturated heterocycles. The molecule has 9 heteroatoms. The predicted octanol–water partition coefficient (Wildman–Crippen LogP) is 5.68. The third-order valence-corrected chi connectivity index (χ3v) is 6.12. The molecular formula is C26H20ClNO6S. The Bertz CT molecular complexity index is 1290. The highest BCUT2D eigenvalue weighted by atomic mass is 35.5. The lowest BCUT2D eigenvalue weighted by atomic mass is 10.2. The van der Waals surface area contributed by atoms with Gasteiger partial charge in [-0.25, -0.2) is 4.79 Å². The monoisotopic (exact) mass is 509 g/mol. The molecule has 1 heterocycles. The number of carbonyl (C=O) groups is 3. The van der Waals surface area contributed by atoms with Crippen LogP contribution in [-0.2, 0) is 4.79 Å². The van der Waals surface area contributed by atoms with Crippen molar-refractivity contribution in [3.05, 3.63) is 93.9 Å². The Hall–Kier alpha value is -3.75. The lowest BCUT2D eigenvalue weighted by Crippen LogP contribution is -2.32. The molecule has 0 radical (unpaired) electrons. The molecule has 1 aliphatic heterocycles. The highest BCUT2D eigenvalue weighted by molar-refractivity contribution is 8.18. The number of rotatable bonds is 8. The van der Waals surface area contributed by atoms with Crippen molar-refractivity contribution in [2.45, 2.75) is 0 Å². The highest BCUT2D eigenvalue weighted by Crippen LogP contribution is 2.33. The topological polar surface area (TPSA) is 82.1 Å². The molecule has 2 amide bonds. The number of para-hydroxylation sites is 2. The molecular weight excluding hydrogens is 490 g/mol. The van der Waals surface area contributed by atoms with Crippen LogP contribution in [0.25, 0.3) is 6.08 Å². The van der Waals surface area contributed by atoms with Gasteiger partial charge in [0.05, 0.1) is 24.1 Å². The molecule has 0 spiro atoms. The van der Waals surface area contributed by atoms with Gasteiger partial charge in [-0.05, 0) is 71.9 Å². The number of hydrogen-bond acceptors (Lipinski definition) is 7. The molecule has 0 aliphatic carbocycles. The molecule has 3 aromatic rings. The number of benzene rings is 3. The van der Waals surface area contributed by atoms with E-state index in [1.165, 1.54) is 7.11 Å².